The Hall–Kier alpha value is -3.16. The normalized spacial score (nSPS) is 12.7. The van der Waals surface area contributed by atoms with Gasteiger partial charge in [0.05, 0.1) is 25.0 Å². The molecule has 0 aliphatic rings. The number of carbonyl (C=O) groups is 3. The van der Waals surface area contributed by atoms with Crippen LogP contribution in [0.3, 0.4) is 0 Å². The molecule has 2 aromatic rings. The zero-order valence-corrected chi connectivity index (χ0v) is 19.0. The van der Waals surface area contributed by atoms with Crippen LogP contribution in [0, 0.1) is 26.7 Å². The molecule has 0 bridgehead atoms. The van der Waals surface area contributed by atoms with Crippen molar-refractivity contribution in [2.45, 2.75) is 53.6 Å². The molecule has 2 rings (SSSR count). The molecule has 8 heteroatoms. The summed E-state index contributed by atoms with van der Waals surface area (Å²) in [5.74, 6) is -1.83. The summed E-state index contributed by atoms with van der Waals surface area (Å²) in [4.78, 5) is 36.8. The molecule has 0 spiro atoms. The van der Waals surface area contributed by atoms with Gasteiger partial charge in [0.25, 0.3) is 5.91 Å². The van der Waals surface area contributed by atoms with Crippen LogP contribution in [0.4, 0.5) is 0 Å². The van der Waals surface area contributed by atoms with Crippen molar-refractivity contribution in [3.05, 3.63) is 52.3 Å². The number of aryl methyl sites for hydroxylation is 2. The summed E-state index contributed by atoms with van der Waals surface area (Å²) in [5, 5.41) is 7.03. The molecule has 8 nitrogen and oxygen atoms in total. The summed E-state index contributed by atoms with van der Waals surface area (Å²) >= 11 is 0. The number of carbonyl (C=O) groups excluding carboxylic acids is 3. The van der Waals surface area contributed by atoms with E-state index < -0.39 is 30.5 Å². The summed E-state index contributed by atoms with van der Waals surface area (Å²) in [6.07, 6.45) is 0.679. The first kappa shape index (κ1) is 24.1. The third-order valence-corrected chi connectivity index (χ3v) is 5.36. The van der Waals surface area contributed by atoms with Crippen molar-refractivity contribution in [2.75, 3.05) is 13.7 Å². The fourth-order valence-corrected chi connectivity index (χ4v) is 3.23. The minimum Gasteiger partial charge on any atom is -0.467 e. The summed E-state index contributed by atoms with van der Waals surface area (Å²) < 4.78 is 11.7. The average Bonchev–Trinajstić information content (AvgIpc) is 3.03. The molecular weight excluding hydrogens is 398 g/mol. The molecule has 1 aromatic carbocycles. The summed E-state index contributed by atoms with van der Waals surface area (Å²) in [6, 6.07) is 7.29. The van der Waals surface area contributed by atoms with Crippen LogP contribution in [0.25, 0.3) is 0 Å². The minimum atomic E-state index is -0.790. The van der Waals surface area contributed by atoms with Gasteiger partial charge in [-0.25, -0.2) is 9.59 Å². The molecule has 0 aliphatic carbocycles. The number of nitrogens with zero attached hydrogens (tertiary/aromatic N) is 2. The van der Waals surface area contributed by atoms with Gasteiger partial charge in [-0.1, -0.05) is 50.1 Å². The quantitative estimate of drug-likeness (QED) is 0.616. The number of rotatable bonds is 9. The zero-order valence-electron chi connectivity index (χ0n) is 19.0. The highest BCUT2D eigenvalue weighted by atomic mass is 16.5. The van der Waals surface area contributed by atoms with E-state index in [-0.39, 0.29) is 5.92 Å². The highest BCUT2D eigenvalue weighted by Gasteiger charge is 2.27. The topological polar surface area (TPSA) is 99.5 Å². The molecular formula is C23H31N3O5. The number of nitrogens with one attached hydrogen (secondary N) is 1. The molecule has 0 saturated carbocycles. The Kier molecular flexibility index (Phi) is 8.36. The van der Waals surface area contributed by atoms with Crippen molar-refractivity contribution < 1.29 is 23.9 Å². The first-order valence-corrected chi connectivity index (χ1v) is 10.3. The van der Waals surface area contributed by atoms with Crippen molar-refractivity contribution in [3.63, 3.8) is 0 Å². The van der Waals surface area contributed by atoms with Crippen molar-refractivity contribution in [2.24, 2.45) is 5.92 Å². The van der Waals surface area contributed by atoms with E-state index in [1.54, 1.807) is 18.5 Å². The predicted octanol–water partition coefficient (Wildman–Crippen LogP) is 2.72. The SMILES string of the molecule is CC[C@H](C)[C@H](NC(=O)COC(=O)c1c(C)nn(Cc2ccc(C)cc2)c1C)C(=O)OC. The van der Waals surface area contributed by atoms with Crippen LogP contribution in [-0.2, 0) is 25.6 Å². The number of benzene rings is 1. The van der Waals surface area contributed by atoms with Gasteiger partial charge in [0, 0.05) is 0 Å². The van der Waals surface area contributed by atoms with Crippen LogP contribution in [0.15, 0.2) is 24.3 Å². The lowest BCUT2D eigenvalue weighted by molar-refractivity contribution is -0.147. The van der Waals surface area contributed by atoms with E-state index in [9.17, 15) is 14.4 Å². The average molecular weight is 430 g/mol. The maximum absolute atomic E-state index is 12.6. The van der Waals surface area contributed by atoms with Crippen LogP contribution in [0.1, 0.15) is 53.1 Å². The summed E-state index contributed by atoms with van der Waals surface area (Å²) in [5.41, 5.74) is 3.76. The highest BCUT2D eigenvalue weighted by Crippen LogP contribution is 2.16. The second-order valence-corrected chi connectivity index (χ2v) is 7.72. The monoisotopic (exact) mass is 429 g/mol. The molecule has 2 atom stereocenters. The van der Waals surface area contributed by atoms with Gasteiger partial charge in [-0.2, -0.15) is 5.10 Å². The number of ether oxygens (including phenoxy) is 2. The van der Waals surface area contributed by atoms with E-state index in [1.807, 2.05) is 45.0 Å². The standard InChI is InChI=1S/C23H31N3O5/c1-7-15(3)21(23(29)30-6)24-19(27)13-31-22(28)20-16(4)25-26(17(20)5)12-18-10-8-14(2)9-11-18/h8-11,15,21H,7,12-13H2,1-6H3,(H,24,27)/t15-,21-/m0/s1. The lowest BCUT2D eigenvalue weighted by Gasteiger charge is -2.21. The molecule has 0 fully saturated rings. The van der Waals surface area contributed by atoms with E-state index in [4.69, 9.17) is 9.47 Å². The minimum absolute atomic E-state index is 0.114. The molecule has 31 heavy (non-hydrogen) atoms. The van der Waals surface area contributed by atoms with Gasteiger partial charge in [0.1, 0.15) is 11.6 Å². The van der Waals surface area contributed by atoms with Crippen LogP contribution in [-0.4, -0.2) is 47.4 Å². The molecule has 1 amide bonds. The summed E-state index contributed by atoms with van der Waals surface area (Å²) in [6.45, 7) is 9.32. The maximum atomic E-state index is 12.6. The maximum Gasteiger partial charge on any atom is 0.342 e. The predicted molar refractivity (Wildman–Crippen MR) is 116 cm³/mol. The molecule has 0 radical (unpaired) electrons. The van der Waals surface area contributed by atoms with Crippen LogP contribution in [0.5, 0.6) is 0 Å². The fraction of sp³-hybridized carbons (Fsp3) is 0.478. The first-order valence-electron chi connectivity index (χ1n) is 10.3. The molecule has 1 aromatic heterocycles. The first-order chi connectivity index (χ1) is 14.7. The Balaban J connectivity index is 2.03. The Labute approximate surface area is 182 Å². The van der Waals surface area contributed by atoms with Gasteiger partial charge in [0.15, 0.2) is 6.61 Å². The number of hydrogen-bond donors (Lipinski definition) is 1. The van der Waals surface area contributed by atoms with E-state index in [1.165, 1.54) is 12.7 Å². The largest absolute Gasteiger partial charge is 0.467 e. The van der Waals surface area contributed by atoms with E-state index in [0.717, 1.165) is 5.56 Å². The second-order valence-electron chi connectivity index (χ2n) is 7.72. The van der Waals surface area contributed by atoms with Crippen LogP contribution >= 0.6 is 0 Å². The van der Waals surface area contributed by atoms with Gasteiger partial charge < -0.3 is 14.8 Å². The number of hydrogen-bond acceptors (Lipinski definition) is 6. The number of esters is 2. The molecule has 0 saturated heterocycles. The molecule has 1 N–H and O–H groups in total. The molecule has 168 valence electrons. The zero-order chi connectivity index (χ0) is 23.1. The second kappa shape index (κ2) is 10.7. The van der Waals surface area contributed by atoms with Crippen molar-refractivity contribution >= 4 is 17.8 Å². The van der Waals surface area contributed by atoms with Crippen LogP contribution < -0.4 is 5.32 Å². The summed E-state index contributed by atoms with van der Waals surface area (Å²) in [7, 11) is 1.27. The Morgan fingerprint density at radius 2 is 1.77 bits per heavy atom. The van der Waals surface area contributed by atoms with E-state index in [2.05, 4.69) is 10.4 Å². The Bertz CT molecular complexity index is 933. The molecule has 1 heterocycles. The van der Waals surface area contributed by atoms with Gasteiger partial charge in [0.2, 0.25) is 0 Å². The van der Waals surface area contributed by atoms with Crippen molar-refractivity contribution in [1.29, 1.82) is 0 Å². The van der Waals surface area contributed by atoms with Gasteiger partial charge >= 0.3 is 11.9 Å². The lowest BCUT2D eigenvalue weighted by atomic mass is 9.99. The highest BCUT2D eigenvalue weighted by molar-refractivity contribution is 5.94. The third-order valence-electron chi connectivity index (χ3n) is 5.36. The number of methoxy groups -OCH3 is 1. The molecule has 0 unspecified atom stereocenters. The number of aromatic nitrogens is 2. The van der Waals surface area contributed by atoms with Crippen molar-refractivity contribution in [3.8, 4) is 0 Å². The molecule has 0 aliphatic heterocycles. The number of amides is 1. The van der Waals surface area contributed by atoms with Crippen molar-refractivity contribution in [1.82, 2.24) is 15.1 Å². The van der Waals surface area contributed by atoms with Crippen LogP contribution in [0.2, 0.25) is 0 Å². The smallest absolute Gasteiger partial charge is 0.342 e. The Morgan fingerprint density at radius 1 is 1.13 bits per heavy atom. The van der Waals surface area contributed by atoms with Gasteiger partial charge in [-0.05, 0) is 32.3 Å². The van der Waals surface area contributed by atoms with E-state index in [0.29, 0.717) is 29.9 Å². The van der Waals surface area contributed by atoms with Gasteiger partial charge in [-0.15, -0.1) is 0 Å². The van der Waals surface area contributed by atoms with Gasteiger partial charge in [-0.3, -0.25) is 9.48 Å². The fourth-order valence-electron chi connectivity index (χ4n) is 3.23. The third kappa shape index (κ3) is 6.16. The lowest BCUT2D eigenvalue weighted by Crippen LogP contribution is -2.47. The Morgan fingerprint density at radius 3 is 2.35 bits per heavy atom. The van der Waals surface area contributed by atoms with E-state index >= 15 is 0 Å².